The molecule has 2 aliphatic rings. The highest BCUT2D eigenvalue weighted by molar-refractivity contribution is 7.16. The summed E-state index contributed by atoms with van der Waals surface area (Å²) in [4.78, 5) is 13.1. The molecular weight excluding hydrogens is 234 g/mol. The molecule has 1 amide bonds. The van der Waals surface area contributed by atoms with Gasteiger partial charge in [0, 0.05) is 18.0 Å². The minimum Gasteiger partial charge on any atom is -0.316 e. The molecule has 17 heavy (non-hydrogen) atoms. The lowest BCUT2D eigenvalue weighted by atomic mass is 10.0. The lowest BCUT2D eigenvalue weighted by molar-refractivity contribution is -0.121. The van der Waals surface area contributed by atoms with Crippen LogP contribution in [0.3, 0.4) is 0 Å². The van der Waals surface area contributed by atoms with Crippen LogP contribution in [0.15, 0.2) is 0 Å². The fraction of sp³-hybridized carbons (Fsp3) is 0.500. The van der Waals surface area contributed by atoms with E-state index >= 15 is 0 Å². The van der Waals surface area contributed by atoms with Crippen LogP contribution in [-0.4, -0.2) is 19.0 Å². The largest absolute Gasteiger partial charge is 0.316 e. The zero-order valence-electron chi connectivity index (χ0n) is 9.38. The second-order valence-corrected chi connectivity index (χ2v) is 5.62. The summed E-state index contributed by atoms with van der Waals surface area (Å²) in [6.07, 6.45) is 3.17. The molecule has 1 aliphatic heterocycles. The number of carbonyl (C=O) groups is 1. The number of fused-ring (bicyclic) bond motifs is 1. The first-order valence-corrected chi connectivity index (χ1v) is 6.67. The lowest BCUT2D eigenvalue weighted by Gasteiger charge is -2.25. The van der Waals surface area contributed by atoms with E-state index in [0.717, 1.165) is 37.4 Å². The van der Waals surface area contributed by atoms with Crippen molar-refractivity contribution in [1.29, 1.82) is 5.26 Å². The van der Waals surface area contributed by atoms with Gasteiger partial charge in [0.1, 0.15) is 11.1 Å². The molecule has 1 aromatic heterocycles. The number of rotatable bonds is 2. The van der Waals surface area contributed by atoms with Crippen LogP contribution >= 0.6 is 11.3 Å². The molecule has 1 saturated heterocycles. The van der Waals surface area contributed by atoms with E-state index in [4.69, 9.17) is 0 Å². The van der Waals surface area contributed by atoms with Gasteiger partial charge in [-0.1, -0.05) is 0 Å². The molecule has 0 spiro atoms. The molecule has 0 aromatic carbocycles. The fourth-order valence-corrected chi connectivity index (χ4v) is 3.54. The van der Waals surface area contributed by atoms with Crippen molar-refractivity contribution >= 4 is 22.2 Å². The summed E-state index contributed by atoms with van der Waals surface area (Å²) in [6, 6.07) is 2.24. The monoisotopic (exact) mass is 247 g/mol. The first-order valence-electron chi connectivity index (χ1n) is 5.86. The summed E-state index contributed by atoms with van der Waals surface area (Å²) in [5.41, 5.74) is 1.86. The number of anilines is 1. The smallest absolute Gasteiger partial charge is 0.230 e. The predicted molar refractivity (Wildman–Crippen MR) is 66.0 cm³/mol. The van der Waals surface area contributed by atoms with E-state index in [1.54, 1.807) is 11.3 Å². The number of aryl methyl sites for hydroxylation is 1. The summed E-state index contributed by atoms with van der Waals surface area (Å²) in [5, 5.41) is 15.9. The molecule has 4 nitrogen and oxygen atoms in total. The molecule has 1 aliphatic carbocycles. The first kappa shape index (κ1) is 10.8. The van der Waals surface area contributed by atoms with E-state index in [-0.39, 0.29) is 11.8 Å². The molecule has 5 heteroatoms. The fourth-order valence-electron chi connectivity index (χ4n) is 2.30. The minimum atomic E-state index is 0.0418. The summed E-state index contributed by atoms with van der Waals surface area (Å²) in [5.74, 6) is 0.110. The van der Waals surface area contributed by atoms with Gasteiger partial charge in [-0.25, -0.2) is 0 Å². The van der Waals surface area contributed by atoms with Crippen molar-refractivity contribution in [2.45, 2.75) is 19.3 Å². The predicted octanol–water partition coefficient (Wildman–Crippen LogP) is 1.27. The first-order chi connectivity index (χ1) is 8.29. The van der Waals surface area contributed by atoms with Crippen LogP contribution in [-0.2, 0) is 17.6 Å². The van der Waals surface area contributed by atoms with E-state index in [1.807, 2.05) is 0 Å². The third-order valence-electron chi connectivity index (χ3n) is 3.42. The van der Waals surface area contributed by atoms with Crippen LogP contribution in [0.1, 0.15) is 22.4 Å². The topological polar surface area (TPSA) is 64.9 Å². The van der Waals surface area contributed by atoms with Gasteiger partial charge in [0.25, 0.3) is 0 Å². The zero-order valence-corrected chi connectivity index (χ0v) is 10.2. The number of nitrogens with one attached hydrogen (secondary N) is 2. The second-order valence-electron chi connectivity index (χ2n) is 4.52. The molecule has 2 N–H and O–H groups in total. The van der Waals surface area contributed by atoms with Crippen LogP contribution in [0.5, 0.6) is 0 Å². The van der Waals surface area contributed by atoms with Gasteiger partial charge in [-0.05, 0) is 24.8 Å². The molecule has 88 valence electrons. The Morgan fingerprint density at radius 3 is 2.94 bits per heavy atom. The third kappa shape index (κ3) is 1.74. The van der Waals surface area contributed by atoms with Crippen molar-refractivity contribution in [3.63, 3.8) is 0 Å². The Labute approximate surface area is 104 Å². The van der Waals surface area contributed by atoms with Crippen LogP contribution in [0.2, 0.25) is 0 Å². The third-order valence-corrected chi connectivity index (χ3v) is 4.63. The molecule has 3 rings (SSSR count). The van der Waals surface area contributed by atoms with Gasteiger partial charge in [0.15, 0.2) is 0 Å². The van der Waals surface area contributed by atoms with Crippen molar-refractivity contribution in [2.24, 2.45) is 5.92 Å². The summed E-state index contributed by atoms with van der Waals surface area (Å²) >= 11 is 1.58. The number of hydrogen-bond donors (Lipinski definition) is 2. The molecule has 0 saturated carbocycles. The molecule has 0 atom stereocenters. The quantitative estimate of drug-likeness (QED) is 0.827. The van der Waals surface area contributed by atoms with Gasteiger partial charge in [0.05, 0.1) is 11.5 Å². The summed E-state index contributed by atoms with van der Waals surface area (Å²) < 4.78 is 0. The van der Waals surface area contributed by atoms with Gasteiger partial charge in [-0.3, -0.25) is 4.79 Å². The van der Waals surface area contributed by atoms with Gasteiger partial charge in [0.2, 0.25) is 5.91 Å². The van der Waals surface area contributed by atoms with Crippen molar-refractivity contribution in [3.8, 4) is 6.07 Å². The standard InChI is InChI=1S/C12H13N3OS/c13-4-9-8-2-1-3-10(8)17-12(9)15-11(16)7-5-14-6-7/h7,14H,1-3,5-6H2,(H,15,16). The molecule has 0 radical (unpaired) electrons. The molecule has 0 bridgehead atoms. The molecule has 2 heterocycles. The Morgan fingerprint density at radius 1 is 1.47 bits per heavy atom. The Hall–Kier alpha value is -1.38. The molecule has 0 unspecified atom stereocenters. The normalized spacial score (nSPS) is 18.3. The maximum absolute atomic E-state index is 11.8. The Bertz CT molecular complexity index is 511. The van der Waals surface area contributed by atoms with E-state index < -0.39 is 0 Å². The van der Waals surface area contributed by atoms with Gasteiger partial charge >= 0.3 is 0 Å². The van der Waals surface area contributed by atoms with Gasteiger partial charge in [-0.2, -0.15) is 5.26 Å². The number of carbonyl (C=O) groups excluding carboxylic acids is 1. The van der Waals surface area contributed by atoms with Crippen LogP contribution in [0.25, 0.3) is 0 Å². The van der Waals surface area contributed by atoms with Crippen molar-refractivity contribution in [3.05, 3.63) is 16.0 Å². The highest BCUT2D eigenvalue weighted by Crippen LogP contribution is 2.38. The number of amides is 1. The SMILES string of the molecule is N#Cc1c(NC(=O)C2CNC2)sc2c1CCC2. The highest BCUT2D eigenvalue weighted by Gasteiger charge is 2.28. The molecule has 1 fully saturated rings. The zero-order chi connectivity index (χ0) is 11.8. The van der Waals surface area contributed by atoms with E-state index in [1.165, 1.54) is 10.4 Å². The van der Waals surface area contributed by atoms with Crippen molar-refractivity contribution < 1.29 is 4.79 Å². The van der Waals surface area contributed by atoms with Gasteiger partial charge < -0.3 is 10.6 Å². The summed E-state index contributed by atoms with van der Waals surface area (Å²) in [7, 11) is 0. The minimum absolute atomic E-state index is 0.0418. The maximum atomic E-state index is 11.8. The van der Waals surface area contributed by atoms with Crippen LogP contribution < -0.4 is 10.6 Å². The van der Waals surface area contributed by atoms with E-state index in [2.05, 4.69) is 16.7 Å². The average molecular weight is 247 g/mol. The van der Waals surface area contributed by atoms with Crippen molar-refractivity contribution in [1.82, 2.24) is 5.32 Å². The molecular formula is C12H13N3OS. The number of thiophene rings is 1. The lowest BCUT2D eigenvalue weighted by Crippen LogP contribution is -2.48. The second kappa shape index (κ2) is 4.13. The van der Waals surface area contributed by atoms with E-state index in [9.17, 15) is 10.1 Å². The Morgan fingerprint density at radius 2 is 2.29 bits per heavy atom. The maximum Gasteiger partial charge on any atom is 0.230 e. The number of nitrogens with zero attached hydrogens (tertiary/aromatic N) is 1. The van der Waals surface area contributed by atoms with Crippen LogP contribution in [0, 0.1) is 17.2 Å². The average Bonchev–Trinajstić information content (AvgIpc) is 2.74. The van der Waals surface area contributed by atoms with Gasteiger partial charge in [-0.15, -0.1) is 11.3 Å². The Kier molecular flexibility index (Phi) is 2.61. The van der Waals surface area contributed by atoms with E-state index in [0.29, 0.717) is 5.56 Å². The van der Waals surface area contributed by atoms with Crippen molar-refractivity contribution in [2.75, 3.05) is 18.4 Å². The Balaban J connectivity index is 1.83. The highest BCUT2D eigenvalue weighted by atomic mass is 32.1. The number of nitriles is 1. The summed E-state index contributed by atoms with van der Waals surface area (Å²) in [6.45, 7) is 1.50. The van der Waals surface area contributed by atoms with Crippen LogP contribution in [0.4, 0.5) is 5.00 Å². The molecule has 1 aromatic rings. The number of hydrogen-bond acceptors (Lipinski definition) is 4.